The summed E-state index contributed by atoms with van der Waals surface area (Å²) in [5.74, 6) is -0.528. The van der Waals surface area contributed by atoms with E-state index in [2.05, 4.69) is 0 Å². The zero-order chi connectivity index (χ0) is 16.2. The zero-order valence-corrected chi connectivity index (χ0v) is 12.5. The van der Waals surface area contributed by atoms with Gasteiger partial charge in [0, 0.05) is 17.6 Å². The average molecular weight is 306 g/mol. The summed E-state index contributed by atoms with van der Waals surface area (Å²) in [4.78, 5) is 1.21. The van der Waals surface area contributed by atoms with Crippen LogP contribution in [0.3, 0.4) is 0 Å². The Morgan fingerprint density at radius 3 is 2.19 bits per heavy atom. The maximum atomic E-state index is 14.0. The van der Waals surface area contributed by atoms with Crippen molar-refractivity contribution in [3.05, 3.63) is 35.6 Å². The van der Waals surface area contributed by atoms with Crippen molar-refractivity contribution in [2.24, 2.45) is 5.73 Å². The molecule has 0 aromatic heterocycles. The first-order valence-electron chi connectivity index (χ1n) is 6.99. The second-order valence-corrected chi connectivity index (χ2v) is 5.42. The summed E-state index contributed by atoms with van der Waals surface area (Å²) in [6.07, 6.45) is -3.90. The van der Waals surface area contributed by atoms with Gasteiger partial charge in [0.25, 0.3) is 0 Å². The Labute approximate surface area is 122 Å². The number of rotatable bonds is 6. The second-order valence-electron chi connectivity index (χ2n) is 5.42. The van der Waals surface area contributed by atoms with Gasteiger partial charge >= 0.3 is 6.18 Å². The van der Waals surface area contributed by atoms with Crippen molar-refractivity contribution in [3.8, 4) is 0 Å². The van der Waals surface area contributed by atoms with E-state index in [0.717, 1.165) is 0 Å². The van der Waals surface area contributed by atoms with Crippen LogP contribution in [0.15, 0.2) is 24.3 Å². The van der Waals surface area contributed by atoms with Gasteiger partial charge in [0.15, 0.2) is 0 Å². The van der Waals surface area contributed by atoms with Crippen molar-refractivity contribution in [3.63, 3.8) is 0 Å². The van der Waals surface area contributed by atoms with E-state index in [1.807, 2.05) is 0 Å². The van der Waals surface area contributed by atoms with E-state index in [9.17, 15) is 17.6 Å². The molecule has 0 heterocycles. The predicted molar refractivity (Wildman–Crippen MR) is 75.3 cm³/mol. The molecule has 1 aromatic carbocycles. The summed E-state index contributed by atoms with van der Waals surface area (Å²) in [6.45, 7) is 3.98. The summed E-state index contributed by atoms with van der Waals surface area (Å²) in [6, 6.07) is 4.08. The highest BCUT2D eigenvalue weighted by atomic mass is 19.4. The molecule has 0 amide bonds. The lowest BCUT2D eigenvalue weighted by Gasteiger charge is -2.38. The van der Waals surface area contributed by atoms with Crippen LogP contribution in [0.2, 0.25) is 0 Å². The molecule has 2 atom stereocenters. The molecular weight excluding hydrogens is 284 g/mol. The van der Waals surface area contributed by atoms with Crippen molar-refractivity contribution >= 4 is 0 Å². The van der Waals surface area contributed by atoms with Crippen molar-refractivity contribution in [2.75, 3.05) is 6.54 Å². The molecule has 120 valence electrons. The van der Waals surface area contributed by atoms with Gasteiger partial charge in [-0.1, -0.05) is 25.1 Å². The van der Waals surface area contributed by atoms with E-state index in [4.69, 9.17) is 5.73 Å². The molecule has 0 aliphatic rings. The maximum absolute atomic E-state index is 14.0. The Morgan fingerprint density at radius 1 is 1.19 bits per heavy atom. The molecule has 2 nitrogen and oxygen atoms in total. The Kier molecular flexibility index (Phi) is 6.16. The van der Waals surface area contributed by atoms with E-state index in [1.165, 1.54) is 23.1 Å². The monoisotopic (exact) mass is 306 g/mol. The Bertz CT molecular complexity index is 446. The van der Waals surface area contributed by atoms with Gasteiger partial charge in [-0.2, -0.15) is 13.2 Å². The molecule has 0 aliphatic carbocycles. The quantitative estimate of drug-likeness (QED) is 0.808. The molecule has 1 aromatic rings. The standard InChI is InChI=1S/C15H22F4N2/c1-4-13(20)14(11-7-5-6-8-12(11)16)21(10(2)3)9-15(17,18)19/h5-8,10,13-14H,4,9,20H2,1-3H3. The SMILES string of the molecule is CCC(N)C(c1ccccc1F)N(CC(F)(F)F)C(C)C. The van der Waals surface area contributed by atoms with E-state index in [-0.39, 0.29) is 5.56 Å². The van der Waals surface area contributed by atoms with E-state index < -0.39 is 36.7 Å². The summed E-state index contributed by atoms with van der Waals surface area (Å²) in [5.41, 5.74) is 6.21. The molecular formula is C15H22F4N2. The van der Waals surface area contributed by atoms with Crippen LogP contribution >= 0.6 is 0 Å². The van der Waals surface area contributed by atoms with Crippen LogP contribution < -0.4 is 5.73 Å². The number of hydrogen-bond donors (Lipinski definition) is 1. The van der Waals surface area contributed by atoms with Crippen LogP contribution in [-0.2, 0) is 0 Å². The van der Waals surface area contributed by atoms with E-state index in [1.54, 1.807) is 26.8 Å². The summed E-state index contributed by atoms with van der Waals surface area (Å²) in [5, 5.41) is 0. The Morgan fingerprint density at radius 2 is 1.76 bits per heavy atom. The molecule has 6 heteroatoms. The van der Waals surface area contributed by atoms with Crippen LogP contribution in [0.4, 0.5) is 17.6 Å². The third kappa shape index (κ3) is 4.97. The van der Waals surface area contributed by atoms with Gasteiger partial charge in [-0.25, -0.2) is 4.39 Å². The minimum atomic E-state index is -4.36. The minimum absolute atomic E-state index is 0.213. The molecule has 2 unspecified atom stereocenters. The smallest absolute Gasteiger partial charge is 0.326 e. The highest BCUT2D eigenvalue weighted by Gasteiger charge is 2.38. The Hall–Kier alpha value is -1.14. The minimum Gasteiger partial charge on any atom is -0.326 e. The molecule has 0 radical (unpaired) electrons. The normalized spacial score (nSPS) is 15.5. The third-order valence-corrected chi connectivity index (χ3v) is 3.48. The fraction of sp³-hybridized carbons (Fsp3) is 0.600. The van der Waals surface area contributed by atoms with E-state index in [0.29, 0.717) is 6.42 Å². The molecule has 0 fully saturated rings. The largest absolute Gasteiger partial charge is 0.401 e. The second kappa shape index (κ2) is 7.22. The maximum Gasteiger partial charge on any atom is 0.401 e. The number of benzene rings is 1. The van der Waals surface area contributed by atoms with Crippen LogP contribution in [0, 0.1) is 5.82 Å². The first kappa shape index (κ1) is 17.9. The molecule has 0 bridgehead atoms. The molecule has 0 saturated heterocycles. The lowest BCUT2D eigenvalue weighted by Crippen LogP contribution is -2.48. The van der Waals surface area contributed by atoms with Crippen molar-refractivity contribution in [1.82, 2.24) is 4.90 Å². The van der Waals surface area contributed by atoms with Gasteiger partial charge in [-0.3, -0.25) is 4.90 Å². The molecule has 0 aliphatic heterocycles. The van der Waals surface area contributed by atoms with Crippen LogP contribution in [-0.4, -0.2) is 29.7 Å². The van der Waals surface area contributed by atoms with Crippen molar-refractivity contribution < 1.29 is 17.6 Å². The first-order chi connectivity index (χ1) is 9.67. The van der Waals surface area contributed by atoms with E-state index >= 15 is 0 Å². The lowest BCUT2D eigenvalue weighted by atomic mass is 9.94. The molecule has 0 spiro atoms. The number of hydrogen-bond acceptors (Lipinski definition) is 2. The fourth-order valence-corrected chi connectivity index (χ4v) is 2.40. The van der Waals surface area contributed by atoms with Gasteiger partial charge in [-0.15, -0.1) is 0 Å². The zero-order valence-electron chi connectivity index (χ0n) is 12.5. The molecule has 2 N–H and O–H groups in total. The molecule has 1 rings (SSSR count). The average Bonchev–Trinajstić information content (AvgIpc) is 2.38. The topological polar surface area (TPSA) is 29.3 Å². The number of nitrogens with two attached hydrogens (primary N) is 1. The summed E-state index contributed by atoms with van der Waals surface area (Å²) in [7, 11) is 0. The van der Waals surface area contributed by atoms with Gasteiger partial charge in [-0.05, 0) is 26.3 Å². The third-order valence-electron chi connectivity index (χ3n) is 3.48. The first-order valence-corrected chi connectivity index (χ1v) is 6.99. The van der Waals surface area contributed by atoms with Gasteiger partial charge in [0.1, 0.15) is 5.82 Å². The molecule has 0 saturated carbocycles. The van der Waals surface area contributed by atoms with Crippen molar-refractivity contribution in [1.29, 1.82) is 0 Å². The summed E-state index contributed by atoms with van der Waals surface area (Å²) < 4.78 is 52.5. The van der Waals surface area contributed by atoms with Crippen molar-refractivity contribution in [2.45, 2.75) is 51.5 Å². The van der Waals surface area contributed by atoms with Gasteiger partial charge < -0.3 is 5.73 Å². The number of nitrogens with zero attached hydrogens (tertiary/aromatic N) is 1. The lowest BCUT2D eigenvalue weighted by molar-refractivity contribution is -0.156. The van der Waals surface area contributed by atoms with Crippen LogP contribution in [0.1, 0.15) is 38.8 Å². The number of halogens is 4. The highest BCUT2D eigenvalue weighted by molar-refractivity contribution is 5.23. The van der Waals surface area contributed by atoms with Gasteiger partial charge in [0.2, 0.25) is 0 Å². The molecule has 21 heavy (non-hydrogen) atoms. The fourth-order valence-electron chi connectivity index (χ4n) is 2.40. The highest BCUT2D eigenvalue weighted by Crippen LogP contribution is 2.32. The summed E-state index contributed by atoms with van der Waals surface area (Å²) >= 11 is 0. The van der Waals surface area contributed by atoms with Crippen LogP contribution in [0.25, 0.3) is 0 Å². The van der Waals surface area contributed by atoms with Gasteiger partial charge in [0.05, 0.1) is 12.6 Å². The van der Waals surface area contributed by atoms with Crippen LogP contribution in [0.5, 0.6) is 0 Å². The predicted octanol–water partition coefficient (Wildman–Crippen LogP) is 3.88. The Balaban J connectivity index is 3.25. The number of alkyl halides is 3.